The summed E-state index contributed by atoms with van der Waals surface area (Å²) in [7, 11) is 0. The van der Waals surface area contributed by atoms with Gasteiger partial charge < -0.3 is 19.7 Å². The molecule has 0 saturated carbocycles. The Labute approximate surface area is 156 Å². The highest BCUT2D eigenvalue weighted by atomic mass is 79.9. The van der Waals surface area contributed by atoms with Crippen LogP contribution in [0.1, 0.15) is 6.92 Å². The van der Waals surface area contributed by atoms with Gasteiger partial charge >= 0.3 is 0 Å². The molecule has 1 fully saturated rings. The highest BCUT2D eigenvalue weighted by Crippen LogP contribution is 2.24. The van der Waals surface area contributed by atoms with Gasteiger partial charge in [-0.25, -0.2) is 0 Å². The van der Waals surface area contributed by atoms with Crippen molar-refractivity contribution in [1.82, 2.24) is 4.90 Å². The van der Waals surface area contributed by atoms with E-state index in [9.17, 15) is 4.79 Å². The lowest BCUT2D eigenvalue weighted by atomic mass is 10.2. The van der Waals surface area contributed by atoms with E-state index in [0.29, 0.717) is 26.3 Å². The number of rotatable bonds is 5. The summed E-state index contributed by atoms with van der Waals surface area (Å²) in [4.78, 5) is 14.3. The average Bonchev–Trinajstić information content (AvgIpc) is 2.65. The van der Waals surface area contributed by atoms with Gasteiger partial charge in [-0.05, 0) is 55.5 Å². The number of hydrogen-bond acceptors (Lipinski definition) is 4. The van der Waals surface area contributed by atoms with Gasteiger partial charge in [-0.2, -0.15) is 0 Å². The number of carbonyl (C=O) groups excluding carboxylic acids is 1. The summed E-state index contributed by atoms with van der Waals surface area (Å²) >= 11 is 3.40. The third-order valence-corrected chi connectivity index (χ3v) is 4.51. The largest absolute Gasteiger partial charge is 0.457 e. The number of ether oxygens (including phenoxy) is 2. The molecule has 1 aliphatic heterocycles. The predicted molar refractivity (Wildman–Crippen MR) is 101 cm³/mol. The molecule has 2 aromatic carbocycles. The lowest BCUT2D eigenvalue weighted by Crippen LogP contribution is -2.46. The van der Waals surface area contributed by atoms with Gasteiger partial charge in [0, 0.05) is 23.2 Å². The Kier molecular flexibility index (Phi) is 5.94. The number of morpholine rings is 1. The number of nitrogens with zero attached hydrogens (tertiary/aromatic N) is 1. The van der Waals surface area contributed by atoms with Crippen molar-refractivity contribution >= 4 is 27.5 Å². The van der Waals surface area contributed by atoms with Crippen LogP contribution in [0.2, 0.25) is 0 Å². The molecule has 0 bridgehead atoms. The summed E-state index contributed by atoms with van der Waals surface area (Å²) < 4.78 is 12.1. The number of hydrogen-bond donors (Lipinski definition) is 1. The summed E-state index contributed by atoms with van der Waals surface area (Å²) in [5.41, 5.74) is 0.886. The van der Waals surface area contributed by atoms with Crippen LogP contribution in [0.4, 0.5) is 5.69 Å². The monoisotopic (exact) mass is 404 g/mol. The Hall–Kier alpha value is -2.05. The highest BCUT2D eigenvalue weighted by molar-refractivity contribution is 9.10. The van der Waals surface area contributed by atoms with E-state index in [0.717, 1.165) is 21.7 Å². The Bertz CT molecular complexity index is 698. The maximum atomic E-state index is 12.4. The molecule has 2 aromatic rings. The molecule has 0 aliphatic carbocycles. The first kappa shape index (κ1) is 17.8. The van der Waals surface area contributed by atoms with Crippen molar-refractivity contribution in [3.8, 4) is 11.5 Å². The lowest BCUT2D eigenvalue weighted by molar-refractivity contribution is -0.135. The summed E-state index contributed by atoms with van der Waals surface area (Å²) in [5.74, 6) is 1.62. The molecule has 25 heavy (non-hydrogen) atoms. The van der Waals surface area contributed by atoms with Gasteiger partial charge in [0.1, 0.15) is 17.5 Å². The standard InChI is InChI=1S/C19H21BrN2O3/c1-14(19(23)22-10-12-24-13-11-22)21-16-4-8-18(9-5-16)25-17-6-2-15(20)3-7-17/h2-9,14,21H,10-13H2,1H3. The van der Waals surface area contributed by atoms with Crippen molar-refractivity contribution in [3.63, 3.8) is 0 Å². The summed E-state index contributed by atoms with van der Waals surface area (Å²) in [6.07, 6.45) is 0. The molecule has 1 N–H and O–H groups in total. The number of halogens is 1. The van der Waals surface area contributed by atoms with Gasteiger partial charge in [-0.1, -0.05) is 15.9 Å². The molecule has 1 amide bonds. The van der Waals surface area contributed by atoms with Crippen LogP contribution in [0.3, 0.4) is 0 Å². The zero-order chi connectivity index (χ0) is 17.6. The van der Waals surface area contributed by atoms with Crippen LogP contribution in [0.25, 0.3) is 0 Å². The van der Waals surface area contributed by atoms with Crippen molar-refractivity contribution in [2.24, 2.45) is 0 Å². The van der Waals surface area contributed by atoms with Crippen LogP contribution in [0, 0.1) is 0 Å². The Morgan fingerprint density at radius 2 is 1.64 bits per heavy atom. The smallest absolute Gasteiger partial charge is 0.244 e. The van der Waals surface area contributed by atoms with Crippen molar-refractivity contribution in [2.45, 2.75) is 13.0 Å². The lowest BCUT2D eigenvalue weighted by Gasteiger charge is -2.29. The molecule has 0 aromatic heterocycles. The van der Waals surface area contributed by atoms with Gasteiger partial charge in [0.25, 0.3) is 0 Å². The first-order valence-electron chi connectivity index (χ1n) is 8.28. The Morgan fingerprint density at radius 1 is 1.08 bits per heavy atom. The predicted octanol–water partition coefficient (Wildman–Crippen LogP) is 3.90. The molecule has 1 saturated heterocycles. The molecule has 1 atom stereocenters. The molecule has 3 rings (SSSR count). The van der Waals surface area contributed by atoms with Crippen molar-refractivity contribution in [1.29, 1.82) is 0 Å². The van der Waals surface area contributed by atoms with E-state index < -0.39 is 0 Å². The van der Waals surface area contributed by atoms with Gasteiger partial charge in [-0.15, -0.1) is 0 Å². The second-order valence-corrected chi connectivity index (χ2v) is 6.80. The Morgan fingerprint density at radius 3 is 2.24 bits per heavy atom. The maximum absolute atomic E-state index is 12.4. The number of amides is 1. The molecular formula is C19H21BrN2O3. The molecule has 132 valence electrons. The van der Waals surface area contributed by atoms with Crippen molar-refractivity contribution < 1.29 is 14.3 Å². The summed E-state index contributed by atoms with van der Waals surface area (Å²) in [5, 5.41) is 3.24. The quantitative estimate of drug-likeness (QED) is 0.820. The van der Waals surface area contributed by atoms with Gasteiger partial charge in [-0.3, -0.25) is 4.79 Å². The molecule has 1 unspecified atom stereocenters. The van der Waals surface area contributed by atoms with Gasteiger partial charge in [0.2, 0.25) is 5.91 Å². The molecule has 5 nitrogen and oxygen atoms in total. The average molecular weight is 405 g/mol. The maximum Gasteiger partial charge on any atom is 0.244 e. The van der Waals surface area contributed by atoms with E-state index in [4.69, 9.17) is 9.47 Å². The van der Waals surface area contributed by atoms with E-state index in [1.807, 2.05) is 60.4 Å². The van der Waals surface area contributed by atoms with Gasteiger partial charge in [0.05, 0.1) is 13.2 Å². The van der Waals surface area contributed by atoms with Crippen LogP contribution in [-0.4, -0.2) is 43.2 Å². The minimum Gasteiger partial charge on any atom is -0.457 e. The fourth-order valence-corrected chi connectivity index (χ4v) is 2.89. The number of nitrogens with one attached hydrogen (secondary N) is 1. The van der Waals surface area contributed by atoms with E-state index in [-0.39, 0.29) is 11.9 Å². The van der Waals surface area contributed by atoms with E-state index in [1.54, 1.807) is 0 Å². The fourth-order valence-electron chi connectivity index (χ4n) is 2.63. The summed E-state index contributed by atoms with van der Waals surface area (Å²) in [6, 6.07) is 15.0. The molecule has 0 spiro atoms. The van der Waals surface area contributed by atoms with Crippen LogP contribution in [-0.2, 0) is 9.53 Å². The van der Waals surface area contributed by atoms with Crippen molar-refractivity contribution in [2.75, 3.05) is 31.6 Å². The molecule has 1 aliphatic rings. The minimum atomic E-state index is -0.281. The molecule has 0 radical (unpaired) electrons. The third kappa shape index (κ3) is 4.96. The number of carbonyl (C=O) groups is 1. The highest BCUT2D eigenvalue weighted by Gasteiger charge is 2.22. The van der Waals surface area contributed by atoms with Crippen LogP contribution < -0.4 is 10.1 Å². The number of benzene rings is 2. The van der Waals surface area contributed by atoms with E-state index >= 15 is 0 Å². The van der Waals surface area contributed by atoms with Crippen molar-refractivity contribution in [3.05, 3.63) is 53.0 Å². The summed E-state index contributed by atoms with van der Waals surface area (Å²) in [6.45, 7) is 4.42. The zero-order valence-corrected chi connectivity index (χ0v) is 15.7. The SMILES string of the molecule is CC(Nc1ccc(Oc2ccc(Br)cc2)cc1)C(=O)N1CCOCC1. The topological polar surface area (TPSA) is 50.8 Å². The second kappa shape index (κ2) is 8.36. The third-order valence-electron chi connectivity index (χ3n) is 3.98. The zero-order valence-electron chi connectivity index (χ0n) is 14.1. The first-order valence-corrected chi connectivity index (χ1v) is 9.08. The van der Waals surface area contributed by atoms with E-state index in [2.05, 4.69) is 21.2 Å². The molecule has 1 heterocycles. The molecular weight excluding hydrogens is 384 g/mol. The Balaban J connectivity index is 1.56. The second-order valence-electron chi connectivity index (χ2n) is 5.88. The molecule has 6 heteroatoms. The van der Waals surface area contributed by atoms with Crippen LogP contribution >= 0.6 is 15.9 Å². The minimum absolute atomic E-state index is 0.0958. The normalized spacial score (nSPS) is 15.5. The van der Waals surface area contributed by atoms with Crippen LogP contribution in [0.5, 0.6) is 11.5 Å². The number of anilines is 1. The fraction of sp³-hybridized carbons (Fsp3) is 0.316. The van der Waals surface area contributed by atoms with E-state index in [1.165, 1.54) is 0 Å². The first-order chi connectivity index (χ1) is 12.1. The van der Waals surface area contributed by atoms with Crippen LogP contribution in [0.15, 0.2) is 53.0 Å². The van der Waals surface area contributed by atoms with Gasteiger partial charge in [0.15, 0.2) is 0 Å².